The fourth-order valence-electron chi connectivity index (χ4n) is 5.55. The number of amides is 1. The fraction of sp³-hybridized carbons (Fsp3) is 0.379. The minimum Gasteiger partial charge on any atom is -0.491 e. The number of aromatic nitrogens is 4. The quantitative estimate of drug-likeness (QED) is 0.299. The number of hydrogen-bond donors (Lipinski definition) is 3. The first-order valence-electron chi connectivity index (χ1n) is 13.3. The highest BCUT2D eigenvalue weighted by Gasteiger charge is 2.35. The smallest absolute Gasteiger partial charge is 0.229 e. The molecule has 1 aromatic carbocycles. The zero-order valence-corrected chi connectivity index (χ0v) is 22.9. The molecule has 0 spiro atoms. The maximum Gasteiger partial charge on any atom is 0.229 e. The maximum atomic E-state index is 15.0. The van der Waals surface area contributed by atoms with Crippen molar-refractivity contribution in [2.24, 2.45) is 11.7 Å². The average molecular weight is 550 g/mol. The summed E-state index contributed by atoms with van der Waals surface area (Å²) in [5.74, 6) is -0.837. The monoisotopic (exact) mass is 549 g/mol. The SMILES string of the molecule is CC(=O)N[C@@H]1C(N)C[C@H](c2ccncc2Nc2ncc3ccc(-c4c(F)cc(OC(C)C)cc4F)nn23)C[C@@H]1C. The Balaban J connectivity index is 1.44. The Morgan fingerprint density at radius 2 is 1.90 bits per heavy atom. The van der Waals surface area contributed by atoms with Gasteiger partial charge in [0.15, 0.2) is 0 Å². The molecule has 0 radical (unpaired) electrons. The molecule has 1 aliphatic rings. The number of nitrogens with zero attached hydrogens (tertiary/aromatic N) is 4. The van der Waals surface area contributed by atoms with Crippen LogP contribution in [0.15, 0.2) is 48.9 Å². The van der Waals surface area contributed by atoms with Crippen molar-refractivity contribution in [3.8, 4) is 17.0 Å². The third-order valence-corrected chi connectivity index (χ3v) is 7.23. The molecule has 9 nitrogen and oxygen atoms in total. The lowest BCUT2D eigenvalue weighted by Crippen LogP contribution is -2.54. The number of imidazole rings is 1. The number of rotatable bonds is 7. The van der Waals surface area contributed by atoms with Crippen molar-refractivity contribution in [1.29, 1.82) is 0 Å². The number of hydrogen-bond acceptors (Lipinski definition) is 7. The molecule has 1 unspecified atom stereocenters. The van der Waals surface area contributed by atoms with Gasteiger partial charge in [0.2, 0.25) is 11.9 Å². The summed E-state index contributed by atoms with van der Waals surface area (Å²) in [7, 11) is 0. The van der Waals surface area contributed by atoms with Crippen LogP contribution in [0.1, 0.15) is 52.0 Å². The zero-order valence-electron chi connectivity index (χ0n) is 22.9. The fourth-order valence-corrected chi connectivity index (χ4v) is 5.55. The molecule has 1 saturated carbocycles. The van der Waals surface area contributed by atoms with E-state index >= 15 is 0 Å². The van der Waals surface area contributed by atoms with Crippen LogP contribution in [0.2, 0.25) is 0 Å². The van der Waals surface area contributed by atoms with Gasteiger partial charge in [-0.3, -0.25) is 9.78 Å². The van der Waals surface area contributed by atoms with Crippen LogP contribution in [-0.4, -0.2) is 43.7 Å². The summed E-state index contributed by atoms with van der Waals surface area (Å²) in [6.45, 7) is 7.16. The number of fused-ring (bicyclic) bond motifs is 1. The Morgan fingerprint density at radius 1 is 1.15 bits per heavy atom. The van der Waals surface area contributed by atoms with Crippen LogP contribution in [0.4, 0.5) is 20.4 Å². The number of carbonyl (C=O) groups is 1. The van der Waals surface area contributed by atoms with E-state index in [4.69, 9.17) is 10.5 Å². The first-order chi connectivity index (χ1) is 19.1. The van der Waals surface area contributed by atoms with Crippen molar-refractivity contribution in [2.75, 3.05) is 5.32 Å². The van der Waals surface area contributed by atoms with Crippen LogP contribution in [0.3, 0.4) is 0 Å². The van der Waals surface area contributed by atoms with Crippen LogP contribution in [0.25, 0.3) is 16.8 Å². The normalized spacial score (nSPS) is 21.0. The van der Waals surface area contributed by atoms with Gasteiger partial charge >= 0.3 is 0 Å². The van der Waals surface area contributed by atoms with Gasteiger partial charge < -0.3 is 21.1 Å². The van der Waals surface area contributed by atoms with E-state index in [1.807, 2.05) is 6.07 Å². The van der Waals surface area contributed by atoms with Gasteiger partial charge in [0, 0.05) is 37.3 Å². The van der Waals surface area contributed by atoms with Crippen molar-refractivity contribution >= 4 is 23.1 Å². The van der Waals surface area contributed by atoms with Gasteiger partial charge in [0.1, 0.15) is 17.4 Å². The van der Waals surface area contributed by atoms with Crippen LogP contribution >= 0.6 is 0 Å². The van der Waals surface area contributed by atoms with E-state index in [0.717, 1.165) is 29.8 Å². The standard InChI is InChI=1S/C29H33F2N7O2/c1-15(2)40-20-11-22(30)27(23(31)12-20)25-6-5-19-13-34-29(38(19)37-25)36-26-14-33-8-7-21(26)18-9-16(3)28(24(32)10-18)35-17(4)39/h5-8,11-16,18,24,28H,9-10,32H2,1-4H3,(H,34,36)(H,35,39)/t16-,18+,24?,28-/m0/s1. The largest absolute Gasteiger partial charge is 0.491 e. The second kappa shape index (κ2) is 11.2. The van der Waals surface area contributed by atoms with Crippen LogP contribution in [-0.2, 0) is 4.79 Å². The predicted molar refractivity (Wildman–Crippen MR) is 148 cm³/mol. The molecule has 3 aromatic heterocycles. The number of carbonyl (C=O) groups excluding carboxylic acids is 1. The number of nitrogens with one attached hydrogen (secondary N) is 2. The van der Waals surface area contributed by atoms with Crippen LogP contribution < -0.4 is 21.1 Å². The Bertz CT molecular complexity index is 1510. The van der Waals surface area contributed by atoms with Crippen molar-refractivity contribution < 1.29 is 18.3 Å². The first kappa shape index (κ1) is 27.4. The van der Waals surface area contributed by atoms with Crippen LogP contribution in [0, 0.1) is 17.6 Å². The lowest BCUT2D eigenvalue weighted by atomic mass is 9.73. The summed E-state index contributed by atoms with van der Waals surface area (Å²) >= 11 is 0. The molecule has 0 saturated heterocycles. The zero-order chi connectivity index (χ0) is 28.6. The molecule has 4 N–H and O–H groups in total. The molecule has 5 rings (SSSR count). The van der Waals surface area contributed by atoms with E-state index in [9.17, 15) is 13.6 Å². The lowest BCUT2D eigenvalue weighted by Gasteiger charge is -2.39. The summed E-state index contributed by atoms with van der Waals surface area (Å²) in [6.07, 6.45) is 6.36. The first-order valence-corrected chi connectivity index (χ1v) is 13.3. The molecular formula is C29H33F2N7O2. The van der Waals surface area contributed by atoms with E-state index in [-0.39, 0.29) is 52.9 Å². The summed E-state index contributed by atoms with van der Waals surface area (Å²) in [6, 6.07) is 7.24. The van der Waals surface area contributed by atoms with E-state index in [1.165, 1.54) is 11.4 Å². The van der Waals surface area contributed by atoms with Crippen molar-refractivity contribution in [3.05, 3.63) is 66.1 Å². The number of ether oxygens (including phenoxy) is 1. The molecule has 40 heavy (non-hydrogen) atoms. The average Bonchev–Trinajstić information content (AvgIpc) is 3.27. The van der Waals surface area contributed by atoms with Gasteiger partial charge in [-0.2, -0.15) is 9.61 Å². The van der Waals surface area contributed by atoms with E-state index < -0.39 is 11.6 Å². The number of anilines is 2. The minimum atomic E-state index is -0.771. The molecule has 11 heteroatoms. The van der Waals surface area contributed by atoms with Crippen molar-refractivity contribution in [3.63, 3.8) is 0 Å². The summed E-state index contributed by atoms with van der Waals surface area (Å²) in [4.78, 5) is 20.4. The van der Waals surface area contributed by atoms with Crippen molar-refractivity contribution in [2.45, 2.75) is 64.6 Å². The number of nitrogens with two attached hydrogens (primary N) is 1. The molecular weight excluding hydrogens is 516 g/mol. The molecule has 1 fully saturated rings. The van der Waals surface area contributed by atoms with Gasteiger partial charge in [-0.25, -0.2) is 13.8 Å². The summed E-state index contributed by atoms with van der Waals surface area (Å²) in [5.41, 5.74) is 8.74. The third kappa shape index (κ3) is 5.60. The van der Waals surface area contributed by atoms with E-state index in [1.54, 1.807) is 44.6 Å². The highest BCUT2D eigenvalue weighted by atomic mass is 19.1. The van der Waals surface area contributed by atoms with E-state index in [2.05, 4.69) is 32.6 Å². The maximum absolute atomic E-state index is 15.0. The number of benzene rings is 1. The Kier molecular flexibility index (Phi) is 7.66. The molecule has 4 atom stereocenters. The van der Waals surface area contributed by atoms with Crippen LogP contribution in [0.5, 0.6) is 5.75 Å². The predicted octanol–water partition coefficient (Wildman–Crippen LogP) is 4.95. The third-order valence-electron chi connectivity index (χ3n) is 7.23. The van der Waals surface area contributed by atoms with Gasteiger partial charge in [-0.05, 0) is 62.3 Å². The van der Waals surface area contributed by atoms with Gasteiger partial charge in [0.05, 0.1) is 41.0 Å². The molecule has 210 valence electrons. The Morgan fingerprint density at radius 3 is 2.58 bits per heavy atom. The van der Waals surface area contributed by atoms with Gasteiger partial charge in [-0.1, -0.05) is 6.92 Å². The number of halogens is 2. The lowest BCUT2D eigenvalue weighted by molar-refractivity contribution is -0.120. The topological polar surface area (TPSA) is 119 Å². The second-order valence-electron chi connectivity index (χ2n) is 10.7. The highest BCUT2D eigenvalue weighted by Crippen LogP contribution is 2.39. The Labute approximate surface area is 231 Å². The molecule has 1 aliphatic carbocycles. The summed E-state index contributed by atoms with van der Waals surface area (Å²) < 4.78 is 37.0. The molecule has 0 bridgehead atoms. The molecule has 4 aromatic rings. The molecule has 3 heterocycles. The minimum absolute atomic E-state index is 0.0855. The van der Waals surface area contributed by atoms with Gasteiger partial charge in [0.25, 0.3) is 0 Å². The second-order valence-corrected chi connectivity index (χ2v) is 10.7. The molecule has 0 aliphatic heterocycles. The molecule has 1 amide bonds. The summed E-state index contributed by atoms with van der Waals surface area (Å²) in [5, 5.41) is 10.8. The number of pyridine rings is 1. The van der Waals surface area contributed by atoms with Gasteiger partial charge in [-0.15, -0.1) is 0 Å². The van der Waals surface area contributed by atoms with Crippen molar-refractivity contribution in [1.82, 2.24) is 24.9 Å². The van der Waals surface area contributed by atoms with E-state index in [0.29, 0.717) is 17.9 Å². The highest BCUT2D eigenvalue weighted by molar-refractivity contribution is 5.73. The Hall–Kier alpha value is -4.12.